The molecule has 1 unspecified atom stereocenters. The number of ether oxygens (including phenoxy) is 1. The minimum atomic E-state index is -0.340. The van der Waals surface area contributed by atoms with Gasteiger partial charge >= 0.3 is 5.97 Å². The Balaban J connectivity index is 1.92. The summed E-state index contributed by atoms with van der Waals surface area (Å²) in [6.45, 7) is 8.44. The zero-order valence-electron chi connectivity index (χ0n) is 18.7. The van der Waals surface area contributed by atoms with E-state index in [2.05, 4.69) is 25.9 Å². The average Bonchev–Trinajstić information content (AvgIpc) is 3.14. The molecule has 0 fully saturated rings. The molecule has 0 bridgehead atoms. The number of benzene rings is 1. The molecule has 0 radical (unpaired) electrons. The van der Waals surface area contributed by atoms with Crippen LogP contribution >= 0.6 is 11.3 Å². The molecule has 0 spiro atoms. The smallest absolute Gasteiger partial charge is 0.350 e. The van der Waals surface area contributed by atoms with Crippen molar-refractivity contribution < 1.29 is 14.3 Å². The van der Waals surface area contributed by atoms with Gasteiger partial charge in [-0.3, -0.25) is 9.79 Å². The van der Waals surface area contributed by atoms with Crippen molar-refractivity contribution >= 4 is 34.9 Å². The van der Waals surface area contributed by atoms with E-state index in [1.807, 2.05) is 38.1 Å². The summed E-state index contributed by atoms with van der Waals surface area (Å²) in [5.74, 6) is 0.307. The van der Waals surface area contributed by atoms with Gasteiger partial charge in [0.2, 0.25) is 5.91 Å². The zero-order chi connectivity index (χ0) is 22.8. The molecule has 1 amide bonds. The number of amides is 1. The Labute approximate surface area is 187 Å². The van der Waals surface area contributed by atoms with E-state index >= 15 is 0 Å². The van der Waals surface area contributed by atoms with Gasteiger partial charge in [-0.2, -0.15) is 0 Å². The molecular formula is C22H31N5O3S. The molecule has 1 aromatic carbocycles. The molecule has 0 saturated carbocycles. The number of nitrogens with zero attached hydrogens (tertiary/aromatic N) is 2. The molecule has 168 valence electrons. The van der Waals surface area contributed by atoms with Gasteiger partial charge in [0, 0.05) is 25.7 Å². The SMILES string of the molecule is CCCC(=O)Nc1ccc(CNC(=NC)NC(C)c2nc(C)c(C(=O)OCC)s2)cc1. The standard InChI is InChI=1S/C22H31N5O3S/c1-6-8-18(28)27-17-11-9-16(10-12-17)13-24-22(23-5)26-15(4)20-25-14(3)19(31-20)21(29)30-7-2/h9-12,15H,6-8,13H2,1-5H3,(H,27,28)(H2,23,24,26). The highest BCUT2D eigenvalue weighted by Crippen LogP contribution is 2.24. The predicted octanol–water partition coefficient (Wildman–Crippen LogP) is 3.79. The van der Waals surface area contributed by atoms with Crippen molar-refractivity contribution in [3.63, 3.8) is 0 Å². The number of thiazole rings is 1. The lowest BCUT2D eigenvalue weighted by Crippen LogP contribution is -2.38. The quantitative estimate of drug-likeness (QED) is 0.308. The van der Waals surface area contributed by atoms with E-state index in [-0.39, 0.29) is 17.9 Å². The van der Waals surface area contributed by atoms with Gasteiger partial charge in [-0.25, -0.2) is 9.78 Å². The van der Waals surface area contributed by atoms with Crippen molar-refractivity contribution in [1.82, 2.24) is 15.6 Å². The molecule has 2 rings (SSSR count). The summed E-state index contributed by atoms with van der Waals surface area (Å²) in [7, 11) is 1.70. The molecule has 0 aliphatic heterocycles. The van der Waals surface area contributed by atoms with Gasteiger partial charge in [0.1, 0.15) is 9.88 Å². The molecule has 1 atom stereocenters. The van der Waals surface area contributed by atoms with E-state index in [9.17, 15) is 9.59 Å². The Morgan fingerprint density at radius 3 is 2.55 bits per heavy atom. The Morgan fingerprint density at radius 1 is 1.23 bits per heavy atom. The van der Waals surface area contributed by atoms with Crippen LogP contribution in [0.5, 0.6) is 0 Å². The van der Waals surface area contributed by atoms with E-state index in [1.54, 1.807) is 20.9 Å². The summed E-state index contributed by atoms with van der Waals surface area (Å²) in [6, 6.07) is 7.56. The maximum absolute atomic E-state index is 12.0. The molecule has 0 saturated heterocycles. The largest absolute Gasteiger partial charge is 0.462 e. The van der Waals surface area contributed by atoms with E-state index in [0.717, 1.165) is 22.7 Å². The molecule has 8 nitrogen and oxygen atoms in total. The van der Waals surface area contributed by atoms with Gasteiger partial charge < -0.3 is 20.7 Å². The highest BCUT2D eigenvalue weighted by Gasteiger charge is 2.20. The van der Waals surface area contributed by atoms with Crippen LogP contribution < -0.4 is 16.0 Å². The number of guanidine groups is 1. The van der Waals surface area contributed by atoms with Crippen LogP contribution in [0.25, 0.3) is 0 Å². The number of carbonyl (C=O) groups is 2. The van der Waals surface area contributed by atoms with Crippen molar-refractivity contribution in [3.8, 4) is 0 Å². The number of esters is 1. The lowest BCUT2D eigenvalue weighted by Gasteiger charge is -2.16. The van der Waals surface area contributed by atoms with Crippen LogP contribution in [0.4, 0.5) is 5.69 Å². The fraction of sp³-hybridized carbons (Fsp3) is 0.455. The molecular weight excluding hydrogens is 414 g/mol. The molecule has 1 heterocycles. The fourth-order valence-corrected chi connectivity index (χ4v) is 3.76. The number of rotatable bonds is 9. The first-order chi connectivity index (χ1) is 14.9. The second-order valence-corrected chi connectivity index (χ2v) is 8.00. The lowest BCUT2D eigenvalue weighted by molar-refractivity contribution is -0.116. The Hall–Kier alpha value is -2.94. The Bertz CT molecular complexity index is 908. The van der Waals surface area contributed by atoms with Crippen LogP contribution in [-0.4, -0.2) is 36.5 Å². The maximum Gasteiger partial charge on any atom is 0.350 e. The third kappa shape index (κ3) is 7.36. The second-order valence-electron chi connectivity index (χ2n) is 6.97. The van der Waals surface area contributed by atoms with Gasteiger partial charge in [-0.05, 0) is 44.9 Å². The summed E-state index contributed by atoms with van der Waals surface area (Å²) in [6.07, 6.45) is 1.34. The molecule has 9 heteroatoms. The first kappa shape index (κ1) is 24.3. The molecule has 0 aliphatic carbocycles. The Kier molecular flexibility index (Phi) is 9.45. The molecule has 0 aliphatic rings. The van der Waals surface area contributed by atoms with E-state index in [0.29, 0.717) is 36.1 Å². The van der Waals surface area contributed by atoms with Gasteiger partial charge in [-0.1, -0.05) is 19.1 Å². The number of aromatic nitrogens is 1. The van der Waals surface area contributed by atoms with Crippen LogP contribution in [0.15, 0.2) is 29.3 Å². The number of carbonyl (C=O) groups excluding carboxylic acids is 2. The van der Waals surface area contributed by atoms with Crippen molar-refractivity contribution in [2.45, 2.75) is 53.1 Å². The van der Waals surface area contributed by atoms with Crippen LogP contribution in [0.2, 0.25) is 0 Å². The van der Waals surface area contributed by atoms with Gasteiger partial charge in [0.15, 0.2) is 5.96 Å². The second kappa shape index (κ2) is 12.0. The van der Waals surface area contributed by atoms with Gasteiger partial charge in [0.25, 0.3) is 0 Å². The number of hydrogen-bond acceptors (Lipinski definition) is 6. The summed E-state index contributed by atoms with van der Waals surface area (Å²) < 4.78 is 5.09. The summed E-state index contributed by atoms with van der Waals surface area (Å²) in [5, 5.41) is 10.2. The summed E-state index contributed by atoms with van der Waals surface area (Å²) in [5.41, 5.74) is 2.51. The summed E-state index contributed by atoms with van der Waals surface area (Å²) in [4.78, 5) is 33.0. The number of nitrogens with one attached hydrogen (secondary N) is 3. The molecule has 1 aromatic heterocycles. The van der Waals surface area contributed by atoms with Crippen molar-refractivity contribution in [2.75, 3.05) is 19.0 Å². The topological polar surface area (TPSA) is 105 Å². The minimum Gasteiger partial charge on any atom is -0.462 e. The monoisotopic (exact) mass is 445 g/mol. The maximum atomic E-state index is 12.0. The van der Waals surface area contributed by atoms with Gasteiger partial charge in [0.05, 0.1) is 18.3 Å². The van der Waals surface area contributed by atoms with Crippen molar-refractivity contribution in [1.29, 1.82) is 0 Å². The summed E-state index contributed by atoms with van der Waals surface area (Å²) >= 11 is 1.33. The van der Waals surface area contributed by atoms with Crippen molar-refractivity contribution in [3.05, 3.63) is 45.4 Å². The van der Waals surface area contributed by atoms with E-state index < -0.39 is 0 Å². The minimum absolute atomic E-state index is 0.0236. The first-order valence-corrected chi connectivity index (χ1v) is 11.2. The highest BCUT2D eigenvalue weighted by molar-refractivity contribution is 7.13. The van der Waals surface area contributed by atoms with Crippen LogP contribution in [0, 0.1) is 6.92 Å². The normalized spacial score (nSPS) is 12.2. The lowest BCUT2D eigenvalue weighted by atomic mass is 10.2. The average molecular weight is 446 g/mol. The number of hydrogen-bond donors (Lipinski definition) is 3. The molecule has 2 aromatic rings. The Morgan fingerprint density at radius 2 is 1.94 bits per heavy atom. The fourth-order valence-electron chi connectivity index (χ4n) is 2.79. The molecule has 3 N–H and O–H groups in total. The van der Waals surface area contributed by atoms with E-state index in [1.165, 1.54) is 11.3 Å². The van der Waals surface area contributed by atoms with Crippen LogP contribution in [-0.2, 0) is 16.1 Å². The molecule has 31 heavy (non-hydrogen) atoms. The van der Waals surface area contributed by atoms with Crippen molar-refractivity contribution in [2.24, 2.45) is 4.99 Å². The highest BCUT2D eigenvalue weighted by atomic mass is 32.1. The third-order valence-corrected chi connectivity index (χ3v) is 5.72. The third-order valence-electron chi connectivity index (χ3n) is 4.40. The van der Waals surface area contributed by atoms with Crippen LogP contribution in [0.1, 0.15) is 65.6 Å². The number of aryl methyl sites for hydroxylation is 1. The first-order valence-electron chi connectivity index (χ1n) is 10.4. The zero-order valence-corrected chi connectivity index (χ0v) is 19.6. The van der Waals surface area contributed by atoms with Gasteiger partial charge in [-0.15, -0.1) is 11.3 Å². The van der Waals surface area contributed by atoms with E-state index in [4.69, 9.17) is 4.74 Å². The number of anilines is 1. The van der Waals surface area contributed by atoms with Crippen LogP contribution in [0.3, 0.4) is 0 Å². The number of aliphatic imine (C=N–C) groups is 1. The predicted molar refractivity (Wildman–Crippen MR) is 125 cm³/mol.